The van der Waals surface area contributed by atoms with Gasteiger partial charge in [0.05, 0.1) is 0 Å². The average molecular weight is 603 g/mol. The van der Waals surface area contributed by atoms with Crippen molar-refractivity contribution in [1.29, 1.82) is 0 Å². The molecule has 0 aliphatic carbocycles. The molecular weight excluding hydrogens is 556 g/mol. The Labute approximate surface area is 253 Å². The van der Waals surface area contributed by atoms with E-state index in [1.54, 1.807) is 70.2 Å². The Bertz CT molecular complexity index is 1110. The number of alkyl carbamates (subject to hydrolysis) is 1. The Morgan fingerprint density at radius 2 is 1.72 bits per heavy atom. The summed E-state index contributed by atoms with van der Waals surface area (Å²) in [6.45, 7) is 12.7. The molecule has 12 nitrogen and oxygen atoms in total. The highest BCUT2D eigenvalue weighted by Crippen LogP contribution is 2.20. The van der Waals surface area contributed by atoms with Gasteiger partial charge in [0.25, 0.3) is 0 Å². The van der Waals surface area contributed by atoms with Gasteiger partial charge < -0.3 is 35.4 Å². The summed E-state index contributed by atoms with van der Waals surface area (Å²) in [5.41, 5.74) is -0.0572. The average Bonchev–Trinajstić information content (AvgIpc) is 2.92. The second-order valence-electron chi connectivity index (χ2n) is 10.8. The van der Waals surface area contributed by atoms with Crippen molar-refractivity contribution in [1.82, 2.24) is 16.0 Å². The number of anilines is 1. The third-order valence-corrected chi connectivity index (χ3v) is 5.92. The van der Waals surface area contributed by atoms with Crippen LogP contribution in [0.4, 0.5) is 10.5 Å². The SMILES string of the molecule is C=CCOc1ccc(N(CCC(=O)NC(CCCCNC(=O)OC(C)(C)C)C(=O)N[C@@H](CC=CC)C(=O)O)C(C)=O)cc1. The van der Waals surface area contributed by atoms with Crippen molar-refractivity contribution in [2.75, 3.05) is 24.6 Å². The lowest BCUT2D eigenvalue weighted by Gasteiger charge is -2.23. The molecule has 0 aliphatic rings. The molecule has 1 rings (SSSR count). The number of carbonyl (C=O) groups is 5. The zero-order chi connectivity index (χ0) is 32.4. The summed E-state index contributed by atoms with van der Waals surface area (Å²) in [6, 6.07) is 4.64. The highest BCUT2D eigenvalue weighted by molar-refractivity contribution is 5.93. The second kappa shape index (κ2) is 19.0. The minimum absolute atomic E-state index is 0.0568. The van der Waals surface area contributed by atoms with Crippen LogP contribution in [0.15, 0.2) is 49.1 Å². The lowest BCUT2D eigenvalue weighted by atomic mass is 10.1. The quantitative estimate of drug-likeness (QED) is 0.146. The molecule has 1 aromatic carbocycles. The van der Waals surface area contributed by atoms with Crippen molar-refractivity contribution in [3.8, 4) is 5.75 Å². The van der Waals surface area contributed by atoms with Crippen molar-refractivity contribution < 1.29 is 38.6 Å². The van der Waals surface area contributed by atoms with Crippen molar-refractivity contribution in [2.45, 2.75) is 84.4 Å². The molecule has 0 spiro atoms. The third kappa shape index (κ3) is 15.5. The van der Waals surface area contributed by atoms with Crippen LogP contribution in [-0.2, 0) is 23.9 Å². The first-order chi connectivity index (χ1) is 20.3. The van der Waals surface area contributed by atoms with Gasteiger partial charge in [-0.1, -0.05) is 24.8 Å². The molecule has 0 bridgehead atoms. The van der Waals surface area contributed by atoms with Crippen LogP contribution in [0.1, 0.15) is 66.7 Å². The largest absolute Gasteiger partial charge is 0.490 e. The van der Waals surface area contributed by atoms with E-state index < -0.39 is 41.6 Å². The van der Waals surface area contributed by atoms with Gasteiger partial charge in [-0.2, -0.15) is 0 Å². The predicted octanol–water partition coefficient (Wildman–Crippen LogP) is 3.71. The van der Waals surface area contributed by atoms with Crippen LogP contribution in [0.2, 0.25) is 0 Å². The first-order valence-electron chi connectivity index (χ1n) is 14.3. The van der Waals surface area contributed by atoms with Gasteiger partial charge in [0.1, 0.15) is 30.0 Å². The lowest BCUT2D eigenvalue weighted by molar-refractivity contribution is -0.142. The van der Waals surface area contributed by atoms with Gasteiger partial charge in [0.2, 0.25) is 17.7 Å². The first kappa shape index (κ1) is 36.7. The third-order valence-electron chi connectivity index (χ3n) is 5.92. The number of allylic oxidation sites excluding steroid dienone is 1. The van der Waals surface area contributed by atoms with E-state index in [-0.39, 0.29) is 31.7 Å². The van der Waals surface area contributed by atoms with Crippen molar-refractivity contribution in [3.05, 3.63) is 49.1 Å². The summed E-state index contributed by atoms with van der Waals surface area (Å²) in [5.74, 6) is -1.98. The van der Waals surface area contributed by atoms with Gasteiger partial charge in [-0.15, -0.1) is 0 Å². The van der Waals surface area contributed by atoms with Gasteiger partial charge in [0, 0.05) is 32.1 Å². The van der Waals surface area contributed by atoms with Crippen molar-refractivity contribution in [3.63, 3.8) is 0 Å². The molecule has 0 fully saturated rings. The van der Waals surface area contributed by atoms with E-state index in [9.17, 15) is 29.1 Å². The molecule has 0 radical (unpaired) electrons. The maximum Gasteiger partial charge on any atom is 0.407 e. The normalized spacial score (nSPS) is 12.5. The van der Waals surface area contributed by atoms with Crippen LogP contribution in [0.25, 0.3) is 0 Å². The number of amides is 4. The number of aliphatic carboxylic acids is 1. The number of carbonyl (C=O) groups excluding carboxylic acids is 4. The lowest BCUT2D eigenvalue weighted by Crippen LogP contribution is -2.51. The van der Waals surface area contributed by atoms with Crippen molar-refractivity contribution >= 4 is 35.5 Å². The number of ether oxygens (including phenoxy) is 2. The van der Waals surface area contributed by atoms with Crippen LogP contribution in [0, 0.1) is 0 Å². The summed E-state index contributed by atoms with van der Waals surface area (Å²) >= 11 is 0. The van der Waals surface area contributed by atoms with E-state index in [4.69, 9.17) is 9.47 Å². The molecule has 2 atom stereocenters. The molecule has 0 aromatic heterocycles. The number of hydrogen-bond acceptors (Lipinski definition) is 7. The number of nitrogens with one attached hydrogen (secondary N) is 3. The molecular formula is C31H46N4O8. The monoisotopic (exact) mass is 602 g/mol. The van der Waals surface area contributed by atoms with Crippen LogP contribution >= 0.6 is 0 Å². The minimum atomic E-state index is -1.20. The van der Waals surface area contributed by atoms with E-state index >= 15 is 0 Å². The Morgan fingerprint density at radius 1 is 1.05 bits per heavy atom. The zero-order valence-corrected chi connectivity index (χ0v) is 25.8. The Balaban J connectivity index is 2.86. The Kier molecular flexibility index (Phi) is 16.2. The molecule has 43 heavy (non-hydrogen) atoms. The second-order valence-corrected chi connectivity index (χ2v) is 10.8. The van der Waals surface area contributed by atoms with Crippen molar-refractivity contribution in [2.24, 2.45) is 0 Å². The maximum atomic E-state index is 13.1. The molecule has 4 N–H and O–H groups in total. The fourth-order valence-corrected chi connectivity index (χ4v) is 3.84. The molecule has 0 saturated heterocycles. The van der Waals surface area contributed by atoms with E-state index in [0.29, 0.717) is 37.4 Å². The molecule has 0 heterocycles. The predicted molar refractivity (Wildman–Crippen MR) is 164 cm³/mol. The maximum absolute atomic E-state index is 13.1. The molecule has 0 aliphatic heterocycles. The number of benzene rings is 1. The van der Waals surface area contributed by atoms with Gasteiger partial charge in [-0.25, -0.2) is 9.59 Å². The Hall–Kier alpha value is -4.35. The number of carboxylic acid groups (broad SMARTS) is 1. The summed E-state index contributed by atoms with van der Waals surface area (Å²) in [6.07, 6.45) is 5.50. The first-order valence-corrected chi connectivity index (χ1v) is 14.3. The standard InChI is InChI=1S/C31H46N4O8/c1-7-9-12-26(29(39)40)34-28(38)25(13-10-11-19-32-30(41)43-31(4,5)6)33-27(37)18-20-35(22(3)36)23-14-16-24(17-15-23)42-21-8-2/h7-9,14-17,25-26H,2,10-13,18-21H2,1,3-6H3,(H,32,41)(H,33,37)(H,34,38)(H,39,40)/t25?,26-/m0/s1. The highest BCUT2D eigenvalue weighted by Gasteiger charge is 2.26. The highest BCUT2D eigenvalue weighted by atomic mass is 16.6. The van der Waals surface area contributed by atoms with Crippen LogP contribution in [-0.4, -0.2) is 72.3 Å². The number of rotatable bonds is 18. The van der Waals surface area contributed by atoms with E-state index in [0.717, 1.165) is 0 Å². The number of nitrogens with zero attached hydrogens (tertiary/aromatic N) is 1. The molecule has 0 saturated carbocycles. The van der Waals surface area contributed by atoms with Crippen LogP contribution in [0.3, 0.4) is 0 Å². The number of hydrogen-bond donors (Lipinski definition) is 4. The molecule has 4 amide bonds. The molecule has 238 valence electrons. The summed E-state index contributed by atoms with van der Waals surface area (Å²) < 4.78 is 10.7. The zero-order valence-electron chi connectivity index (χ0n) is 25.8. The van der Waals surface area contributed by atoms with E-state index in [2.05, 4.69) is 22.5 Å². The number of carboxylic acids is 1. The number of unbranched alkanes of at least 4 members (excludes halogenated alkanes) is 1. The van der Waals surface area contributed by atoms with Gasteiger partial charge in [0.15, 0.2) is 0 Å². The smallest absolute Gasteiger partial charge is 0.407 e. The summed E-state index contributed by atoms with van der Waals surface area (Å²) in [4.78, 5) is 63.3. The minimum Gasteiger partial charge on any atom is -0.490 e. The van der Waals surface area contributed by atoms with Gasteiger partial charge in [-0.05, 0) is 77.6 Å². The molecule has 1 aromatic rings. The van der Waals surface area contributed by atoms with Crippen LogP contribution in [0.5, 0.6) is 5.75 Å². The topological polar surface area (TPSA) is 163 Å². The van der Waals surface area contributed by atoms with Gasteiger partial charge in [-0.3, -0.25) is 14.4 Å². The summed E-state index contributed by atoms with van der Waals surface area (Å²) in [5, 5.41) is 17.3. The van der Waals surface area contributed by atoms with Crippen LogP contribution < -0.4 is 25.6 Å². The molecule has 1 unspecified atom stereocenters. The van der Waals surface area contributed by atoms with Gasteiger partial charge >= 0.3 is 12.1 Å². The fourth-order valence-electron chi connectivity index (χ4n) is 3.84. The Morgan fingerprint density at radius 3 is 2.28 bits per heavy atom. The summed E-state index contributed by atoms with van der Waals surface area (Å²) in [7, 11) is 0. The van der Waals surface area contributed by atoms with E-state index in [1.165, 1.54) is 11.8 Å². The fraction of sp³-hybridized carbons (Fsp3) is 0.516. The molecule has 12 heteroatoms. The van der Waals surface area contributed by atoms with E-state index in [1.807, 2.05) is 0 Å².